The lowest BCUT2D eigenvalue weighted by atomic mass is 10.1. The average molecular weight is 236 g/mol. The van der Waals surface area contributed by atoms with Gasteiger partial charge in [0.05, 0.1) is 0 Å². The zero-order valence-electron chi connectivity index (χ0n) is 8.50. The molecule has 0 aliphatic heterocycles. The Morgan fingerprint density at radius 3 is 2.25 bits per heavy atom. The molecule has 84 valence electrons. The molecule has 4 nitrogen and oxygen atoms in total. The van der Waals surface area contributed by atoms with E-state index in [0.717, 1.165) is 0 Å². The minimum Gasteiger partial charge on any atom is -0.364 e. The maximum atomic E-state index is 11.6. The molecule has 1 aromatic heterocycles. The van der Waals surface area contributed by atoms with E-state index in [9.17, 15) is 8.42 Å². The Morgan fingerprint density at radius 1 is 1.06 bits per heavy atom. The lowest BCUT2D eigenvalue weighted by Crippen LogP contribution is -2.22. The van der Waals surface area contributed by atoms with Gasteiger partial charge >= 0.3 is 0 Å². The van der Waals surface area contributed by atoms with Crippen LogP contribution < -0.4 is 5.14 Å². The summed E-state index contributed by atoms with van der Waals surface area (Å²) in [5.74, 6) is 0. The second-order valence-electron chi connectivity index (χ2n) is 3.51. The van der Waals surface area contributed by atoms with E-state index in [2.05, 4.69) is 4.98 Å². The van der Waals surface area contributed by atoms with Gasteiger partial charge in [0.15, 0.2) is 0 Å². The van der Waals surface area contributed by atoms with Gasteiger partial charge in [-0.3, -0.25) is 0 Å². The summed E-state index contributed by atoms with van der Waals surface area (Å²) in [5.41, 5.74) is 1.24. The molecular weight excluding hydrogens is 224 g/mol. The number of rotatable bonds is 3. The molecule has 0 radical (unpaired) electrons. The number of sulfonamides is 1. The van der Waals surface area contributed by atoms with E-state index in [1.165, 1.54) is 0 Å². The van der Waals surface area contributed by atoms with Crippen LogP contribution in [0.2, 0.25) is 0 Å². The molecule has 0 aliphatic rings. The number of nitrogens with one attached hydrogen (secondary N) is 1. The molecule has 1 atom stereocenters. The van der Waals surface area contributed by atoms with Crippen molar-refractivity contribution in [3.05, 3.63) is 59.9 Å². The maximum absolute atomic E-state index is 11.6. The van der Waals surface area contributed by atoms with Crippen LogP contribution in [-0.2, 0) is 10.0 Å². The normalized spacial score (nSPS) is 13.6. The van der Waals surface area contributed by atoms with Gasteiger partial charge in [0.1, 0.15) is 5.25 Å². The average Bonchev–Trinajstić information content (AvgIpc) is 2.71. The van der Waals surface area contributed by atoms with Gasteiger partial charge in [-0.15, -0.1) is 0 Å². The fourth-order valence-electron chi connectivity index (χ4n) is 1.68. The van der Waals surface area contributed by atoms with Crippen LogP contribution in [0.5, 0.6) is 0 Å². The number of nitrogens with two attached hydrogens (primary N) is 1. The standard InChI is InChI=1S/C11H12N2O2S/c12-16(14,15)11(10-7-4-8-13-10)9-5-2-1-3-6-9/h1-8,11,13H,(H2,12,14,15). The first-order valence-electron chi connectivity index (χ1n) is 4.79. The Hall–Kier alpha value is -1.59. The van der Waals surface area contributed by atoms with Crippen molar-refractivity contribution in [3.63, 3.8) is 0 Å². The highest BCUT2D eigenvalue weighted by Gasteiger charge is 2.25. The molecule has 1 aromatic carbocycles. The van der Waals surface area contributed by atoms with E-state index in [0.29, 0.717) is 11.3 Å². The predicted octanol–water partition coefficient (Wildman–Crippen LogP) is 1.39. The molecule has 0 amide bonds. The molecule has 5 heteroatoms. The van der Waals surface area contributed by atoms with Crippen LogP contribution in [0.25, 0.3) is 0 Å². The summed E-state index contributed by atoms with van der Waals surface area (Å²) in [6, 6.07) is 12.4. The quantitative estimate of drug-likeness (QED) is 0.845. The number of hydrogen-bond donors (Lipinski definition) is 2. The van der Waals surface area contributed by atoms with Crippen molar-refractivity contribution < 1.29 is 8.42 Å². The van der Waals surface area contributed by atoms with Gasteiger partial charge in [-0.2, -0.15) is 0 Å². The lowest BCUT2D eigenvalue weighted by Gasteiger charge is -2.13. The Balaban J connectivity index is 2.54. The zero-order chi connectivity index (χ0) is 11.6. The van der Waals surface area contributed by atoms with Crippen molar-refractivity contribution >= 4 is 10.0 Å². The monoisotopic (exact) mass is 236 g/mol. The highest BCUT2D eigenvalue weighted by molar-refractivity contribution is 7.89. The molecular formula is C11H12N2O2S. The minimum atomic E-state index is -3.67. The fraction of sp³-hybridized carbons (Fsp3) is 0.0909. The van der Waals surface area contributed by atoms with E-state index >= 15 is 0 Å². The molecule has 16 heavy (non-hydrogen) atoms. The van der Waals surface area contributed by atoms with Crippen molar-refractivity contribution in [1.82, 2.24) is 4.98 Å². The Labute approximate surface area is 94.2 Å². The molecule has 0 spiro atoms. The van der Waals surface area contributed by atoms with E-state index in [-0.39, 0.29) is 0 Å². The summed E-state index contributed by atoms with van der Waals surface area (Å²) in [5, 5.41) is 4.43. The van der Waals surface area contributed by atoms with Crippen LogP contribution in [0.1, 0.15) is 16.5 Å². The van der Waals surface area contributed by atoms with Gasteiger partial charge in [0, 0.05) is 11.9 Å². The zero-order valence-corrected chi connectivity index (χ0v) is 9.31. The Bertz CT molecular complexity index is 547. The number of H-pyrrole nitrogens is 1. The van der Waals surface area contributed by atoms with Crippen LogP contribution >= 0.6 is 0 Å². The summed E-state index contributed by atoms with van der Waals surface area (Å²) in [7, 11) is -3.67. The minimum absolute atomic E-state index is 0.578. The van der Waals surface area contributed by atoms with Crippen LogP contribution in [0.4, 0.5) is 0 Å². The molecule has 2 aromatic rings. The van der Waals surface area contributed by atoms with Gasteiger partial charge in [0.2, 0.25) is 10.0 Å². The third kappa shape index (κ3) is 2.15. The predicted molar refractivity (Wildman–Crippen MR) is 62.2 cm³/mol. The Morgan fingerprint density at radius 2 is 1.75 bits per heavy atom. The first-order valence-corrected chi connectivity index (χ1v) is 6.40. The number of aromatic nitrogens is 1. The van der Waals surface area contributed by atoms with Crippen LogP contribution in [0.15, 0.2) is 48.7 Å². The topological polar surface area (TPSA) is 76.0 Å². The third-order valence-corrected chi connectivity index (χ3v) is 3.52. The van der Waals surface area contributed by atoms with Crippen molar-refractivity contribution in [2.24, 2.45) is 5.14 Å². The number of aromatic amines is 1. The van der Waals surface area contributed by atoms with Crippen LogP contribution in [-0.4, -0.2) is 13.4 Å². The molecule has 2 rings (SSSR count). The summed E-state index contributed by atoms with van der Waals surface area (Å²) < 4.78 is 23.2. The molecule has 1 heterocycles. The van der Waals surface area contributed by atoms with Crippen molar-refractivity contribution in [1.29, 1.82) is 0 Å². The van der Waals surface area contributed by atoms with E-state index < -0.39 is 15.3 Å². The molecule has 3 N–H and O–H groups in total. The maximum Gasteiger partial charge on any atom is 0.221 e. The molecule has 0 saturated heterocycles. The Kier molecular flexibility index (Phi) is 2.80. The van der Waals surface area contributed by atoms with Gasteiger partial charge in [-0.25, -0.2) is 13.6 Å². The second-order valence-corrected chi connectivity index (χ2v) is 5.15. The molecule has 1 unspecified atom stereocenters. The van der Waals surface area contributed by atoms with Crippen molar-refractivity contribution in [2.45, 2.75) is 5.25 Å². The van der Waals surface area contributed by atoms with E-state index in [1.807, 2.05) is 6.07 Å². The first-order chi connectivity index (χ1) is 7.59. The van der Waals surface area contributed by atoms with Crippen LogP contribution in [0, 0.1) is 0 Å². The molecule has 0 saturated carbocycles. The summed E-state index contributed by atoms with van der Waals surface area (Å²) in [6.45, 7) is 0. The number of benzene rings is 1. The van der Waals surface area contributed by atoms with Crippen LogP contribution in [0.3, 0.4) is 0 Å². The number of hydrogen-bond acceptors (Lipinski definition) is 2. The van der Waals surface area contributed by atoms with Gasteiger partial charge in [0.25, 0.3) is 0 Å². The summed E-state index contributed by atoms with van der Waals surface area (Å²) in [4.78, 5) is 2.88. The lowest BCUT2D eigenvalue weighted by molar-refractivity contribution is 0.590. The number of primary sulfonamides is 1. The smallest absolute Gasteiger partial charge is 0.221 e. The van der Waals surface area contributed by atoms with Crippen molar-refractivity contribution in [3.8, 4) is 0 Å². The first kappa shape index (κ1) is 10.9. The largest absolute Gasteiger partial charge is 0.364 e. The third-order valence-electron chi connectivity index (χ3n) is 2.34. The van der Waals surface area contributed by atoms with Gasteiger partial charge < -0.3 is 4.98 Å². The highest BCUT2D eigenvalue weighted by Crippen LogP contribution is 2.26. The molecule has 0 bridgehead atoms. The highest BCUT2D eigenvalue weighted by atomic mass is 32.2. The van der Waals surface area contributed by atoms with E-state index in [1.54, 1.807) is 42.6 Å². The molecule has 0 fully saturated rings. The van der Waals surface area contributed by atoms with Gasteiger partial charge in [-0.1, -0.05) is 30.3 Å². The summed E-state index contributed by atoms with van der Waals surface area (Å²) >= 11 is 0. The van der Waals surface area contributed by atoms with E-state index in [4.69, 9.17) is 5.14 Å². The van der Waals surface area contributed by atoms with Gasteiger partial charge in [-0.05, 0) is 17.7 Å². The molecule has 0 aliphatic carbocycles. The van der Waals surface area contributed by atoms with Crippen molar-refractivity contribution in [2.75, 3.05) is 0 Å². The fourth-order valence-corrected chi connectivity index (χ4v) is 2.72. The SMILES string of the molecule is NS(=O)(=O)C(c1ccccc1)c1ccc[nH]1. The second kappa shape index (κ2) is 4.11. The summed E-state index contributed by atoms with van der Waals surface area (Å²) in [6.07, 6.45) is 1.68.